The summed E-state index contributed by atoms with van der Waals surface area (Å²) >= 11 is 1.91. The molecule has 2 heteroatoms. The number of benzene rings is 6. The summed E-state index contributed by atoms with van der Waals surface area (Å²) in [7, 11) is 0. The minimum Gasteiger partial charge on any atom is -0.310 e. The molecule has 2 aliphatic rings. The minimum atomic E-state index is -0.113. The van der Waals surface area contributed by atoms with Gasteiger partial charge in [0.15, 0.2) is 0 Å². The summed E-state index contributed by atoms with van der Waals surface area (Å²) in [6.07, 6.45) is 0. The molecule has 0 unspecified atom stereocenters. The van der Waals surface area contributed by atoms with E-state index in [0.29, 0.717) is 0 Å². The number of nitrogens with zero attached hydrogens (tertiary/aromatic N) is 1. The van der Waals surface area contributed by atoms with Gasteiger partial charge in [0, 0.05) is 48.1 Å². The van der Waals surface area contributed by atoms with Crippen molar-refractivity contribution in [3.8, 4) is 22.3 Å². The summed E-state index contributed by atoms with van der Waals surface area (Å²) in [5, 5.41) is 2.69. The predicted molar refractivity (Wildman–Crippen MR) is 217 cm³/mol. The van der Waals surface area contributed by atoms with Crippen molar-refractivity contribution in [3.63, 3.8) is 0 Å². The van der Waals surface area contributed by atoms with Gasteiger partial charge in [-0.05, 0) is 123 Å². The van der Waals surface area contributed by atoms with Crippen molar-refractivity contribution in [2.75, 3.05) is 4.90 Å². The van der Waals surface area contributed by atoms with Crippen LogP contribution in [0, 0.1) is 13.8 Å². The molecule has 7 aromatic rings. The van der Waals surface area contributed by atoms with Gasteiger partial charge in [0.05, 0.1) is 0 Å². The fourth-order valence-electron chi connectivity index (χ4n) is 9.17. The van der Waals surface area contributed by atoms with E-state index in [-0.39, 0.29) is 16.2 Å². The zero-order valence-electron chi connectivity index (χ0n) is 30.7. The average molecular weight is 668 g/mol. The second kappa shape index (κ2) is 10.4. The van der Waals surface area contributed by atoms with E-state index in [4.69, 9.17) is 0 Å². The number of hydrogen-bond donors (Lipinski definition) is 0. The molecule has 0 saturated carbocycles. The zero-order chi connectivity index (χ0) is 34.9. The van der Waals surface area contributed by atoms with Crippen LogP contribution in [0.15, 0.2) is 109 Å². The van der Waals surface area contributed by atoms with Crippen molar-refractivity contribution in [2.24, 2.45) is 0 Å². The van der Waals surface area contributed by atoms with Crippen LogP contribution in [0.25, 0.3) is 42.4 Å². The molecule has 0 atom stereocenters. The highest BCUT2D eigenvalue weighted by Crippen LogP contribution is 2.55. The van der Waals surface area contributed by atoms with E-state index in [1.807, 2.05) is 11.3 Å². The lowest BCUT2D eigenvalue weighted by Gasteiger charge is -2.30. The molecule has 248 valence electrons. The van der Waals surface area contributed by atoms with Gasteiger partial charge < -0.3 is 4.90 Å². The number of thiophene rings is 1. The molecule has 2 aliphatic carbocycles. The van der Waals surface area contributed by atoms with E-state index in [1.165, 1.54) is 98.4 Å². The Labute approximate surface area is 301 Å². The third-order valence-electron chi connectivity index (χ3n) is 11.7. The Bertz CT molecular complexity index is 2550. The summed E-state index contributed by atoms with van der Waals surface area (Å²) < 4.78 is 2.72. The van der Waals surface area contributed by atoms with Gasteiger partial charge in [-0.25, -0.2) is 0 Å². The van der Waals surface area contributed by atoms with Crippen molar-refractivity contribution < 1.29 is 0 Å². The normalized spacial score (nSPS) is 15.2. The van der Waals surface area contributed by atoms with Gasteiger partial charge in [-0.2, -0.15) is 0 Å². The van der Waals surface area contributed by atoms with Crippen LogP contribution in [0.1, 0.15) is 87.4 Å². The highest BCUT2D eigenvalue weighted by atomic mass is 32.1. The fraction of sp³-hybridized carbons (Fsp3) is 0.250. The standard InChI is InChI=1S/C48H45NS/c1-28-23-29(2)45-37(24-28)36-25-30(19-22-43(36)50-45)49(31-17-20-34-33-13-10-11-14-38(33)47(6,7)41(34)26-31)32-18-21-35-42(27-32)48(8,9)40-16-12-15-39(44(35)40)46(3,4)5/h10-27H,1-9H3. The second-order valence-corrected chi connectivity index (χ2v) is 17.9. The Balaban J connectivity index is 1.28. The van der Waals surface area contributed by atoms with Crippen molar-refractivity contribution >= 4 is 48.6 Å². The maximum atomic E-state index is 2.51. The number of anilines is 3. The molecule has 0 bridgehead atoms. The molecule has 0 spiro atoms. The quantitative estimate of drug-likeness (QED) is 0.181. The third kappa shape index (κ3) is 4.37. The summed E-state index contributed by atoms with van der Waals surface area (Å²) in [4.78, 5) is 2.51. The third-order valence-corrected chi connectivity index (χ3v) is 13.0. The molecule has 1 nitrogen and oxygen atoms in total. The van der Waals surface area contributed by atoms with Crippen molar-refractivity contribution in [3.05, 3.63) is 148 Å². The Hall–Kier alpha value is -4.66. The van der Waals surface area contributed by atoms with Crippen LogP contribution < -0.4 is 4.90 Å². The lowest BCUT2D eigenvalue weighted by Crippen LogP contribution is -2.18. The van der Waals surface area contributed by atoms with Crippen LogP contribution in [0.3, 0.4) is 0 Å². The topological polar surface area (TPSA) is 3.24 Å². The van der Waals surface area contributed by atoms with Gasteiger partial charge in [0.1, 0.15) is 0 Å². The Kier molecular flexibility index (Phi) is 6.54. The van der Waals surface area contributed by atoms with Crippen molar-refractivity contribution in [2.45, 2.75) is 78.6 Å². The van der Waals surface area contributed by atoms with E-state index in [0.717, 1.165) is 0 Å². The highest BCUT2D eigenvalue weighted by Gasteiger charge is 2.39. The highest BCUT2D eigenvalue weighted by molar-refractivity contribution is 7.26. The smallest absolute Gasteiger partial charge is 0.0468 e. The Morgan fingerprint density at radius 2 is 1.14 bits per heavy atom. The first-order valence-corrected chi connectivity index (χ1v) is 18.8. The molecule has 0 radical (unpaired) electrons. The van der Waals surface area contributed by atoms with E-state index in [9.17, 15) is 0 Å². The van der Waals surface area contributed by atoms with E-state index < -0.39 is 0 Å². The molecule has 6 aromatic carbocycles. The first-order chi connectivity index (χ1) is 23.7. The lowest BCUT2D eigenvalue weighted by atomic mass is 9.79. The first-order valence-electron chi connectivity index (χ1n) is 18.0. The van der Waals surface area contributed by atoms with Gasteiger partial charge in [-0.15, -0.1) is 11.3 Å². The summed E-state index contributed by atoms with van der Waals surface area (Å²) in [6, 6.07) is 42.1. The van der Waals surface area contributed by atoms with Crippen LogP contribution >= 0.6 is 11.3 Å². The van der Waals surface area contributed by atoms with Crippen LogP contribution in [-0.4, -0.2) is 0 Å². The molecule has 0 fully saturated rings. The van der Waals surface area contributed by atoms with E-state index in [1.54, 1.807) is 0 Å². The molecule has 9 rings (SSSR count). The van der Waals surface area contributed by atoms with Gasteiger partial charge in [0.25, 0.3) is 0 Å². The van der Waals surface area contributed by atoms with Gasteiger partial charge in [-0.1, -0.05) is 115 Å². The summed E-state index contributed by atoms with van der Waals surface area (Å²) in [5.74, 6) is 0. The van der Waals surface area contributed by atoms with Crippen molar-refractivity contribution in [1.29, 1.82) is 0 Å². The number of fused-ring (bicyclic) bond motifs is 9. The number of rotatable bonds is 3. The van der Waals surface area contributed by atoms with Crippen LogP contribution in [0.2, 0.25) is 0 Å². The maximum Gasteiger partial charge on any atom is 0.0468 e. The first kappa shape index (κ1) is 31.3. The molecule has 50 heavy (non-hydrogen) atoms. The Morgan fingerprint density at radius 1 is 0.540 bits per heavy atom. The van der Waals surface area contributed by atoms with Crippen LogP contribution in [-0.2, 0) is 16.2 Å². The van der Waals surface area contributed by atoms with Gasteiger partial charge in [0.2, 0.25) is 0 Å². The lowest BCUT2D eigenvalue weighted by molar-refractivity contribution is 0.589. The molecule has 0 saturated heterocycles. The zero-order valence-corrected chi connectivity index (χ0v) is 31.6. The molecule has 0 amide bonds. The summed E-state index contributed by atoms with van der Waals surface area (Å²) in [5.41, 5.74) is 18.6. The van der Waals surface area contributed by atoms with Gasteiger partial charge in [-0.3, -0.25) is 0 Å². The molecule has 1 heterocycles. The molecular weight excluding hydrogens is 623 g/mol. The van der Waals surface area contributed by atoms with Crippen LogP contribution in [0.4, 0.5) is 17.1 Å². The maximum absolute atomic E-state index is 2.51. The SMILES string of the molecule is Cc1cc(C)c2sc3ccc(N(c4ccc5c(c4)C(C)(C)c4ccccc4-5)c4ccc5c(c4)C(C)(C)c4cccc(C(C)(C)C)c4-5)cc3c2c1. The predicted octanol–water partition coefficient (Wildman–Crippen LogP) is 14.1. The molecule has 0 aliphatic heterocycles. The minimum absolute atomic E-state index is 0.0535. The van der Waals surface area contributed by atoms with Crippen molar-refractivity contribution in [1.82, 2.24) is 0 Å². The second-order valence-electron chi connectivity index (χ2n) is 16.8. The monoisotopic (exact) mass is 667 g/mol. The van der Waals surface area contributed by atoms with E-state index >= 15 is 0 Å². The molecule has 1 aromatic heterocycles. The Morgan fingerprint density at radius 3 is 1.88 bits per heavy atom. The largest absolute Gasteiger partial charge is 0.310 e. The number of aryl methyl sites for hydroxylation is 2. The van der Waals surface area contributed by atoms with E-state index in [2.05, 4.69) is 176 Å². The average Bonchev–Trinajstić information content (AvgIpc) is 3.64. The molecular formula is C48H45NS. The molecule has 0 N–H and O–H groups in total. The number of hydrogen-bond acceptors (Lipinski definition) is 2. The fourth-order valence-corrected chi connectivity index (χ4v) is 10.3. The summed E-state index contributed by atoms with van der Waals surface area (Å²) in [6.45, 7) is 21.0. The van der Waals surface area contributed by atoms with Gasteiger partial charge >= 0.3 is 0 Å². The van der Waals surface area contributed by atoms with Crippen LogP contribution in [0.5, 0.6) is 0 Å².